The van der Waals surface area contributed by atoms with E-state index in [4.69, 9.17) is 25.8 Å². The second-order valence-corrected chi connectivity index (χ2v) is 10.1. The Morgan fingerprint density at radius 1 is 1.26 bits per heavy atom. The van der Waals surface area contributed by atoms with Gasteiger partial charge in [0.05, 0.1) is 25.5 Å². The minimum absolute atomic E-state index is 0.00789. The van der Waals surface area contributed by atoms with E-state index < -0.39 is 28.8 Å². The van der Waals surface area contributed by atoms with E-state index in [0.29, 0.717) is 16.4 Å². The molecule has 39 heavy (non-hydrogen) atoms. The topological polar surface area (TPSA) is 136 Å². The number of aliphatic hydroxyl groups is 1. The molecule has 0 radical (unpaired) electrons. The van der Waals surface area contributed by atoms with Crippen LogP contribution in [-0.2, 0) is 4.79 Å². The molecule has 5 rings (SSSR count). The van der Waals surface area contributed by atoms with Crippen molar-refractivity contribution in [3.05, 3.63) is 69.4 Å². The zero-order valence-electron chi connectivity index (χ0n) is 21.0. The fraction of sp³-hybridized carbons (Fsp3) is 0.222. The molecule has 0 saturated carbocycles. The van der Waals surface area contributed by atoms with E-state index in [0.717, 1.165) is 0 Å². The fourth-order valence-corrected chi connectivity index (χ4v) is 5.39. The molecule has 2 atom stereocenters. The molecule has 1 aliphatic heterocycles. The molecule has 0 saturated heterocycles. The van der Waals surface area contributed by atoms with E-state index in [1.807, 2.05) is 0 Å². The number of thiazole rings is 1. The van der Waals surface area contributed by atoms with E-state index in [2.05, 4.69) is 15.3 Å². The molecule has 3 aromatic rings. The zero-order valence-corrected chi connectivity index (χ0v) is 22.6. The third-order valence-electron chi connectivity index (χ3n) is 6.64. The molecule has 2 N–H and O–H groups in total. The summed E-state index contributed by atoms with van der Waals surface area (Å²) in [6.07, 6.45) is 2.69. The van der Waals surface area contributed by atoms with Gasteiger partial charge in [0.1, 0.15) is 22.1 Å². The van der Waals surface area contributed by atoms with Gasteiger partial charge in [0.25, 0.3) is 5.91 Å². The summed E-state index contributed by atoms with van der Waals surface area (Å²) < 4.78 is 16.7. The van der Waals surface area contributed by atoms with Crippen LogP contribution in [0, 0.1) is 5.92 Å². The molecular weight excluding hydrogens is 546 g/mol. The average molecular weight is 568 g/mol. The number of ketones is 2. The zero-order chi connectivity index (χ0) is 27.9. The molecule has 10 nitrogen and oxygen atoms in total. The lowest BCUT2D eigenvalue weighted by Gasteiger charge is -2.36. The van der Waals surface area contributed by atoms with Crippen molar-refractivity contribution in [2.45, 2.75) is 18.9 Å². The van der Waals surface area contributed by atoms with Gasteiger partial charge in [0.15, 0.2) is 22.4 Å². The predicted octanol–water partition coefficient (Wildman–Crippen LogP) is 5.20. The van der Waals surface area contributed by atoms with Gasteiger partial charge in [0, 0.05) is 41.8 Å². The molecule has 0 unspecified atom stereocenters. The van der Waals surface area contributed by atoms with E-state index in [9.17, 15) is 19.5 Å². The summed E-state index contributed by atoms with van der Waals surface area (Å²) in [5.41, 5.74) is -1.20. The third-order valence-corrected chi connectivity index (χ3v) is 7.68. The van der Waals surface area contributed by atoms with Gasteiger partial charge in [-0.2, -0.15) is 0 Å². The molecule has 2 aliphatic rings. The van der Waals surface area contributed by atoms with Crippen LogP contribution in [0.2, 0.25) is 5.02 Å². The molecule has 1 aromatic heterocycles. The molecule has 1 spiro atoms. The first-order valence-corrected chi connectivity index (χ1v) is 13.0. The summed E-state index contributed by atoms with van der Waals surface area (Å²) in [5.74, 6) is -2.20. The number of rotatable bonds is 6. The van der Waals surface area contributed by atoms with Crippen molar-refractivity contribution in [2.24, 2.45) is 10.9 Å². The van der Waals surface area contributed by atoms with Crippen LogP contribution in [0.4, 0.5) is 10.8 Å². The summed E-state index contributed by atoms with van der Waals surface area (Å²) in [6.45, 7) is 1.64. The van der Waals surface area contributed by atoms with Crippen molar-refractivity contribution in [3.63, 3.8) is 0 Å². The summed E-state index contributed by atoms with van der Waals surface area (Å²) in [6, 6.07) is 7.77. The van der Waals surface area contributed by atoms with Crippen molar-refractivity contribution in [2.75, 3.05) is 19.5 Å². The molecule has 2 heterocycles. The number of aliphatic hydroxyl groups excluding tert-OH is 1. The Bertz CT molecular complexity index is 1550. The summed E-state index contributed by atoms with van der Waals surface area (Å²) in [5, 5.41) is 16.3. The molecular formula is C27H22ClN3O7S. The van der Waals surface area contributed by atoms with Gasteiger partial charge in [-0.1, -0.05) is 18.5 Å². The lowest BCUT2D eigenvalue weighted by atomic mass is 9.73. The van der Waals surface area contributed by atoms with E-state index in [1.165, 1.54) is 37.8 Å². The van der Waals surface area contributed by atoms with Crippen LogP contribution in [-0.4, -0.2) is 53.6 Å². The molecule has 1 amide bonds. The number of anilines is 1. The number of amides is 1. The maximum absolute atomic E-state index is 13.8. The largest absolute Gasteiger partial charge is 0.507 e. The number of Topliss-reactive ketones (excluding diaryl/α,β-unsaturated/α-hetero) is 2. The molecule has 0 bridgehead atoms. The van der Waals surface area contributed by atoms with E-state index >= 15 is 0 Å². The molecule has 200 valence electrons. The van der Waals surface area contributed by atoms with Gasteiger partial charge >= 0.3 is 0 Å². The number of aromatic nitrogens is 1. The Morgan fingerprint density at radius 2 is 1.97 bits per heavy atom. The number of nitrogens with zero attached hydrogens (tertiary/aromatic N) is 2. The number of hydrogen-bond donors (Lipinski definition) is 2. The standard InChI is InChI=1S/C27H22ClN3O7S/c1-13-10-17(32)16(12-30-15-6-4-14(5-7-15)25(35)31-26-29-8-9-39-26)23(33)27(13)24(34)20-18(36-2)11-19(37-3)21(28)22(20)38-27/h4-9,11-13,33H,10H2,1-3H3,(H,29,31,35)/t13-,27+/m1/s1. The number of carbonyl (C=O) groups excluding carboxylic acids is 3. The van der Waals surface area contributed by atoms with Crippen LogP contribution in [0.1, 0.15) is 34.1 Å². The molecule has 1 aliphatic carbocycles. The van der Waals surface area contributed by atoms with Crippen LogP contribution in [0.25, 0.3) is 0 Å². The third kappa shape index (κ3) is 4.33. The number of nitrogens with one attached hydrogen (secondary N) is 1. The van der Waals surface area contributed by atoms with E-state index in [-0.39, 0.29) is 45.7 Å². The lowest BCUT2D eigenvalue weighted by molar-refractivity contribution is -0.118. The summed E-state index contributed by atoms with van der Waals surface area (Å²) in [4.78, 5) is 47.4. The van der Waals surface area contributed by atoms with Crippen LogP contribution < -0.4 is 19.5 Å². The van der Waals surface area contributed by atoms with Crippen LogP contribution in [0.3, 0.4) is 0 Å². The highest BCUT2D eigenvalue weighted by Crippen LogP contribution is 2.54. The SMILES string of the molecule is COc1cc(OC)c2c(c1Cl)O[C@]1(C2=O)C(O)=C(C=Nc2ccc(C(=O)Nc3nccs3)cc2)C(=O)C[C@H]1C. The number of ether oxygens (including phenoxy) is 3. The number of hydrogen-bond acceptors (Lipinski definition) is 10. The monoisotopic (exact) mass is 567 g/mol. The average Bonchev–Trinajstić information content (AvgIpc) is 3.55. The van der Waals surface area contributed by atoms with Crippen molar-refractivity contribution in [3.8, 4) is 17.2 Å². The highest BCUT2D eigenvalue weighted by atomic mass is 35.5. The highest BCUT2D eigenvalue weighted by Gasteiger charge is 2.60. The highest BCUT2D eigenvalue weighted by molar-refractivity contribution is 7.13. The van der Waals surface area contributed by atoms with Gasteiger partial charge in [-0.15, -0.1) is 11.3 Å². The quantitative estimate of drug-likeness (QED) is 0.388. The number of aliphatic imine (C=N–C) groups is 1. The van der Waals surface area contributed by atoms with Crippen molar-refractivity contribution in [1.82, 2.24) is 4.98 Å². The number of allylic oxidation sites excluding steroid dienone is 1. The second kappa shape index (κ2) is 10.2. The van der Waals surface area contributed by atoms with Gasteiger partial charge in [-0.3, -0.25) is 24.7 Å². The predicted molar refractivity (Wildman–Crippen MR) is 145 cm³/mol. The first kappa shape index (κ1) is 26.4. The lowest BCUT2D eigenvalue weighted by Crippen LogP contribution is -2.52. The van der Waals surface area contributed by atoms with Gasteiger partial charge in [0.2, 0.25) is 11.4 Å². The number of methoxy groups -OCH3 is 2. The fourth-order valence-electron chi connectivity index (χ4n) is 4.60. The first-order chi connectivity index (χ1) is 18.7. The number of halogens is 1. The molecule has 0 fully saturated rings. The Kier molecular flexibility index (Phi) is 6.87. The molecule has 2 aromatic carbocycles. The van der Waals surface area contributed by atoms with Gasteiger partial charge < -0.3 is 19.3 Å². The van der Waals surface area contributed by atoms with Crippen molar-refractivity contribution >= 4 is 57.4 Å². The summed E-state index contributed by atoms with van der Waals surface area (Å²) in [7, 11) is 2.80. The maximum Gasteiger partial charge on any atom is 0.257 e. The van der Waals surface area contributed by atoms with Crippen LogP contribution in [0.5, 0.6) is 17.2 Å². The Morgan fingerprint density at radius 3 is 2.62 bits per heavy atom. The van der Waals surface area contributed by atoms with Gasteiger partial charge in [-0.25, -0.2) is 4.98 Å². The van der Waals surface area contributed by atoms with Crippen molar-refractivity contribution < 1.29 is 33.7 Å². The van der Waals surface area contributed by atoms with Crippen molar-refractivity contribution in [1.29, 1.82) is 0 Å². The Balaban J connectivity index is 1.47. The maximum atomic E-state index is 13.8. The first-order valence-electron chi connectivity index (χ1n) is 11.7. The smallest absolute Gasteiger partial charge is 0.257 e. The summed E-state index contributed by atoms with van der Waals surface area (Å²) >= 11 is 7.75. The minimum Gasteiger partial charge on any atom is -0.507 e. The Hall–Kier alpha value is -4.22. The number of benzene rings is 2. The molecule has 12 heteroatoms. The number of carbonyl (C=O) groups is 3. The number of fused-ring (bicyclic) bond motifs is 1. The van der Waals surface area contributed by atoms with Crippen LogP contribution >= 0.6 is 22.9 Å². The van der Waals surface area contributed by atoms with Crippen LogP contribution in [0.15, 0.2) is 58.2 Å². The Labute approximate surface area is 231 Å². The normalized spacial score (nSPS) is 20.4. The van der Waals surface area contributed by atoms with Gasteiger partial charge in [-0.05, 0) is 24.3 Å². The van der Waals surface area contributed by atoms with E-state index in [1.54, 1.807) is 42.8 Å². The minimum atomic E-state index is -1.89. The second-order valence-electron chi connectivity index (χ2n) is 8.85.